The second kappa shape index (κ2) is 4.12. The fourth-order valence-corrected chi connectivity index (χ4v) is 4.33. The Morgan fingerprint density at radius 2 is 1.55 bits per heavy atom. The van der Waals surface area contributed by atoms with Crippen LogP contribution in [0.4, 0.5) is 5.69 Å². The molecule has 2 aliphatic carbocycles. The summed E-state index contributed by atoms with van der Waals surface area (Å²) in [5, 5.41) is 0. The lowest BCUT2D eigenvalue weighted by Gasteiger charge is -2.22. The number of benzene rings is 1. The van der Waals surface area contributed by atoms with E-state index in [1.165, 1.54) is 4.90 Å². The molecule has 5 heteroatoms. The van der Waals surface area contributed by atoms with E-state index in [9.17, 15) is 9.59 Å². The van der Waals surface area contributed by atoms with E-state index in [0.29, 0.717) is 30.4 Å². The van der Waals surface area contributed by atoms with Gasteiger partial charge in [-0.1, -0.05) is 12.2 Å². The maximum absolute atomic E-state index is 12.8. The molecule has 0 N–H and O–H groups in total. The molecule has 4 aliphatic rings. The molecular weight excluding hydrogens is 282 g/mol. The van der Waals surface area contributed by atoms with Crippen LogP contribution in [0.1, 0.15) is 6.42 Å². The quantitative estimate of drug-likeness (QED) is 0.585. The molecule has 0 spiro atoms. The van der Waals surface area contributed by atoms with Crippen LogP contribution in [0.5, 0.6) is 11.5 Å². The van der Waals surface area contributed by atoms with Crippen LogP contribution in [0.3, 0.4) is 0 Å². The van der Waals surface area contributed by atoms with Gasteiger partial charge in [-0.3, -0.25) is 9.59 Å². The minimum Gasteiger partial charge on any atom is -0.486 e. The predicted octanol–water partition coefficient (Wildman–Crippen LogP) is 1.77. The maximum Gasteiger partial charge on any atom is 0.238 e. The first-order valence-electron chi connectivity index (χ1n) is 7.70. The number of nitrogens with zero attached hydrogens (tertiary/aromatic N) is 1. The summed E-state index contributed by atoms with van der Waals surface area (Å²) in [5.41, 5.74) is 0.591. The predicted molar refractivity (Wildman–Crippen MR) is 77.6 cm³/mol. The highest BCUT2D eigenvalue weighted by atomic mass is 16.6. The van der Waals surface area contributed by atoms with Gasteiger partial charge >= 0.3 is 0 Å². The standard InChI is InChI=1S/C17H15NO4/c19-16-14-9-1-2-10(7-9)15(14)17(20)18(16)11-3-4-12-13(8-11)22-6-5-21-12/h1-4,8-10,14-15H,5-7H2/t9-,10+,14+,15-. The number of carbonyl (C=O) groups is 2. The number of imide groups is 1. The molecule has 4 atom stereocenters. The van der Waals surface area contributed by atoms with Crippen molar-refractivity contribution in [2.24, 2.45) is 23.7 Å². The molecular formula is C17H15NO4. The minimum atomic E-state index is -0.171. The van der Waals surface area contributed by atoms with Gasteiger partial charge in [0.05, 0.1) is 17.5 Å². The van der Waals surface area contributed by atoms with Gasteiger partial charge in [-0.15, -0.1) is 0 Å². The van der Waals surface area contributed by atoms with Gasteiger partial charge in [-0.25, -0.2) is 4.90 Å². The molecule has 2 fully saturated rings. The Kier molecular flexibility index (Phi) is 2.30. The molecule has 0 unspecified atom stereocenters. The number of amides is 2. The summed E-state index contributed by atoms with van der Waals surface area (Å²) < 4.78 is 11.0. The van der Waals surface area contributed by atoms with Crippen LogP contribution in [-0.2, 0) is 9.59 Å². The Morgan fingerprint density at radius 1 is 0.909 bits per heavy atom. The van der Waals surface area contributed by atoms with Crippen LogP contribution in [0.2, 0.25) is 0 Å². The van der Waals surface area contributed by atoms with Crippen molar-refractivity contribution in [1.82, 2.24) is 0 Å². The van der Waals surface area contributed by atoms with Gasteiger partial charge in [0, 0.05) is 6.07 Å². The van der Waals surface area contributed by atoms with E-state index in [-0.39, 0.29) is 35.5 Å². The van der Waals surface area contributed by atoms with E-state index in [1.807, 2.05) is 0 Å². The van der Waals surface area contributed by atoms with Crippen molar-refractivity contribution in [3.05, 3.63) is 30.4 Å². The largest absolute Gasteiger partial charge is 0.486 e. The molecule has 2 heterocycles. The van der Waals surface area contributed by atoms with Crippen molar-refractivity contribution in [3.63, 3.8) is 0 Å². The average molecular weight is 297 g/mol. The lowest BCUT2D eigenvalue weighted by molar-refractivity contribution is -0.123. The number of ether oxygens (including phenoxy) is 2. The zero-order chi connectivity index (χ0) is 14.8. The molecule has 1 aromatic rings. The monoisotopic (exact) mass is 297 g/mol. The van der Waals surface area contributed by atoms with Gasteiger partial charge in [0.2, 0.25) is 11.8 Å². The zero-order valence-electron chi connectivity index (χ0n) is 11.9. The Morgan fingerprint density at radius 3 is 2.23 bits per heavy atom. The molecule has 1 aromatic carbocycles. The third-order valence-electron chi connectivity index (χ3n) is 5.25. The fraction of sp³-hybridized carbons (Fsp3) is 0.412. The molecule has 1 saturated carbocycles. The highest BCUT2D eigenvalue weighted by Crippen LogP contribution is 2.53. The Bertz CT molecular complexity index is 695. The van der Waals surface area contributed by atoms with Gasteiger partial charge in [-0.05, 0) is 30.4 Å². The van der Waals surface area contributed by atoms with Crippen LogP contribution in [0.15, 0.2) is 30.4 Å². The number of allylic oxidation sites excluding steroid dienone is 2. The normalized spacial score (nSPS) is 34.5. The third-order valence-corrected chi connectivity index (χ3v) is 5.25. The van der Waals surface area contributed by atoms with E-state index in [0.717, 1.165) is 6.42 Å². The van der Waals surface area contributed by atoms with Crippen LogP contribution >= 0.6 is 0 Å². The molecule has 5 nitrogen and oxygen atoms in total. The molecule has 2 bridgehead atoms. The highest BCUT2D eigenvalue weighted by molar-refractivity contribution is 6.22. The Balaban J connectivity index is 1.54. The van der Waals surface area contributed by atoms with Crippen molar-refractivity contribution in [2.75, 3.05) is 18.1 Å². The summed E-state index contributed by atoms with van der Waals surface area (Å²) in [4.78, 5) is 26.9. The average Bonchev–Trinajstić information content (AvgIpc) is 3.21. The van der Waals surface area contributed by atoms with E-state index in [1.54, 1.807) is 18.2 Å². The van der Waals surface area contributed by atoms with Crippen LogP contribution in [0.25, 0.3) is 0 Å². The topological polar surface area (TPSA) is 55.8 Å². The van der Waals surface area contributed by atoms with Crippen LogP contribution in [-0.4, -0.2) is 25.0 Å². The first-order valence-corrected chi connectivity index (χ1v) is 7.70. The van der Waals surface area contributed by atoms with Gasteiger partial charge in [0.1, 0.15) is 13.2 Å². The number of carbonyl (C=O) groups excluding carboxylic acids is 2. The van der Waals surface area contributed by atoms with Crippen LogP contribution in [0, 0.1) is 23.7 Å². The van der Waals surface area contributed by atoms with Crippen molar-refractivity contribution < 1.29 is 19.1 Å². The summed E-state index contributed by atoms with van der Waals surface area (Å²) in [7, 11) is 0. The summed E-state index contributed by atoms with van der Waals surface area (Å²) in [6.07, 6.45) is 5.15. The van der Waals surface area contributed by atoms with Gasteiger partial charge in [-0.2, -0.15) is 0 Å². The summed E-state index contributed by atoms with van der Waals surface area (Å²) in [6, 6.07) is 5.27. The maximum atomic E-state index is 12.8. The third kappa shape index (κ3) is 1.43. The second-order valence-corrected chi connectivity index (χ2v) is 6.34. The number of hydrogen-bond donors (Lipinski definition) is 0. The van der Waals surface area contributed by atoms with Crippen molar-refractivity contribution >= 4 is 17.5 Å². The number of fused-ring (bicyclic) bond motifs is 6. The van der Waals surface area contributed by atoms with Crippen molar-refractivity contribution in [2.45, 2.75) is 6.42 Å². The molecule has 2 aliphatic heterocycles. The zero-order valence-corrected chi connectivity index (χ0v) is 11.9. The molecule has 2 amide bonds. The molecule has 22 heavy (non-hydrogen) atoms. The lowest BCUT2D eigenvalue weighted by Crippen LogP contribution is -2.33. The smallest absolute Gasteiger partial charge is 0.238 e. The summed E-state index contributed by atoms with van der Waals surface area (Å²) >= 11 is 0. The first kappa shape index (κ1) is 12.3. The summed E-state index contributed by atoms with van der Waals surface area (Å²) in [5.74, 6) is 1.25. The first-order chi connectivity index (χ1) is 10.7. The molecule has 112 valence electrons. The van der Waals surface area contributed by atoms with E-state index >= 15 is 0 Å². The highest BCUT2D eigenvalue weighted by Gasteiger charge is 2.59. The van der Waals surface area contributed by atoms with Crippen LogP contribution < -0.4 is 14.4 Å². The molecule has 0 aromatic heterocycles. The molecule has 0 radical (unpaired) electrons. The number of hydrogen-bond acceptors (Lipinski definition) is 4. The Hall–Kier alpha value is -2.30. The SMILES string of the molecule is O=C1[C@@H]2[C@H](C(=O)N1c1ccc3c(c1)OCCO3)[C@H]1C=C[C@@H]2C1. The minimum absolute atomic E-state index is 0.0662. The molecule has 1 saturated heterocycles. The Labute approximate surface area is 127 Å². The van der Waals surface area contributed by atoms with E-state index < -0.39 is 0 Å². The van der Waals surface area contributed by atoms with E-state index in [2.05, 4.69) is 12.2 Å². The number of anilines is 1. The fourth-order valence-electron chi connectivity index (χ4n) is 4.33. The van der Waals surface area contributed by atoms with E-state index in [4.69, 9.17) is 9.47 Å². The summed E-state index contributed by atoms with van der Waals surface area (Å²) in [6.45, 7) is 1.00. The van der Waals surface area contributed by atoms with Gasteiger partial charge in [0.15, 0.2) is 11.5 Å². The van der Waals surface area contributed by atoms with Crippen molar-refractivity contribution in [3.8, 4) is 11.5 Å². The second-order valence-electron chi connectivity index (χ2n) is 6.34. The lowest BCUT2D eigenvalue weighted by atomic mass is 9.85. The molecule has 5 rings (SSSR count). The van der Waals surface area contributed by atoms with Gasteiger partial charge in [0.25, 0.3) is 0 Å². The van der Waals surface area contributed by atoms with Crippen molar-refractivity contribution in [1.29, 1.82) is 0 Å². The van der Waals surface area contributed by atoms with Gasteiger partial charge < -0.3 is 9.47 Å². The number of rotatable bonds is 1.